The smallest absolute Gasteiger partial charge is 0.271 e. The topological polar surface area (TPSA) is 78.1 Å². The van der Waals surface area contributed by atoms with E-state index in [-0.39, 0.29) is 23.5 Å². The highest BCUT2D eigenvalue weighted by atomic mass is 32.2. The number of nitrogens with one attached hydrogen (secondary N) is 1. The largest absolute Gasteiger partial charge is 0.489 e. The molecule has 0 unspecified atom stereocenters. The van der Waals surface area contributed by atoms with Gasteiger partial charge in [0.15, 0.2) is 5.17 Å². The molecule has 1 saturated heterocycles. The maximum absolute atomic E-state index is 13.8. The summed E-state index contributed by atoms with van der Waals surface area (Å²) in [6.45, 7) is 0.125. The zero-order valence-electron chi connectivity index (χ0n) is 19.5. The molecule has 0 spiro atoms. The molecule has 182 valence electrons. The highest BCUT2D eigenvalue weighted by Gasteiger charge is 2.33. The van der Waals surface area contributed by atoms with E-state index in [1.165, 1.54) is 11.0 Å². The van der Waals surface area contributed by atoms with Gasteiger partial charge in [0.2, 0.25) is 0 Å². The third-order valence-electron chi connectivity index (χ3n) is 5.50. The van der Waals surface area contributed by atoms with Crippen molar-refractivity contribution in [2.45, 2.75) is 6.61 Å². The number of rotatable bonds is 7. The van der Waals surface area contributed by atoms with E-state index in [0.29, 0.717) is 27.6 Å². The molecule has 5 rings (SSSR count). The van der Waals surface area contributed by atoms with Crippen molar-refractivity contribution >= 4 is 46.0 Å². The van der Waals surface area contributed by atoms with E-state index in [4.69, 9.17) is 10.1 Å². The molecule has 1 aliphatic rings. The Morgan fingerprint density at radius 3 is 2.19 bits per heavy atom. The molecule has 0 aromatic heterocycles. The van der Waals surface area contributed by atoms with Crippen molar-refractivity contribution < 1.29 is 13.9 Å². The Labute approximate surface area is 217 Å². The monoisotopic (exact) mass is 508 g/mol. The van der Waals surface area contributed by atoms with Crippen LogP contribution in [-0.4, -0.2) is 11.1 Å². The molecule has 0 radical (unpaired) electrons. The number of amidine groups is 1. The molecule has 1 heterocycles. The normalized spacial score (nSPS) is 14.6. The lowest BCUT2D eigenvalue weighted by molar-refractivity contribution is -0.113. The Morgan fingerprint density at radius 2 is 1.49 bits per heavy atom. The Morgan fingerprint density at radius 1 is 0.838 bits per heavy atom. The van der Waals surface area contributed by atoms with Crippen LogP contribution in [0.3, 0.4) is 0 Å². The molecule has 6 nitrogen and oxygen atoms in total. The summed E-state index contributed by atoms with van der Waals surface area (Å²) in [6, 6.07) is 30.1. The van der Waals surface area contributed by atoms with Crippen molar-refractivity contribution in [2.75, 3.05) is 4.90 Å². The summed E-state index contributed by atoms with van der Waals surface area (Å²) >= 11 is 1.10. The highest BCUT2D eigenvalue weighted by molar-refractivity contribution is 8.19. The third-order valence-corrected chi connectivity index (χ3v) is 6.39. The van der Waals surface area contributed by atoms with Gasteiger partial charge in [0, 0.05) is 5.56 Å². The minimum Gasteiger partial charge on any atom is -0.489 e. The maximum Gasteiger partial charge on any atom is 0.271 e. The lowest BCUT2D eigenvalue weighted by atomic mass is 10.2. The van der Waals surface area contributed by atoms with Crippen molar-refractivity contribution in [3.63, 3.8) is 0 Å². The first kappa shape index (κ1) is 24.1. The van der Waals surface area contributed by atoms with Gasteiger partial charge in [-0.2, -0.15) is 10.2 Å². The predicted molar refractivity (Wildman–Crippen MR) is 145 cm³/mol. The van der Waals surface area contributed by atoms with Gasteiger partial charge in [0.25, 0.3) is 5.91 Å². The van der Waals surface area contributed by atoms with E-state index in [1.807, 2.05) is 42.5 Å². The van der Waals surface area contributed by atoms with Crippen molar-refractivity contribution in [1.82, 2.24) is 0 Å². The molecule has 1 fully saturated rings. The van der Waals surface area contributed by atoms with Crippen molar-refractivity contribution in [3.05, 3.63) is 125 Å². The Balaban J connectivity index is 1.24. The van der Waals surface area contributed by atoms with Gasteiger partial charge in [-0.3, -0.25) is 15.1 Å². The number of halogens is 1. The molecule has 37 heavy (non-hydrogen) atoms. The second-order valence-electron chi connectivity index (χ2n) is 8.06. The average molecular weight is 509 g/mol. The minimum atomic E-state index is -0.307. The van der Waals surface area contributed by atoms with E-state index in [1.54, 1.807) is 60.7 Å². The van der Waals surface area contributed by atoms with E-state index in [9.17, 15) is 9.18 Å². The van der Waals surface area contributed by atoms with Crippen LogP contribution in [0.25, 0.3) is 6.08 Å². The van der Waals surface area contributed by atoms with Crippen LogP contribution in [-0.2, 0) is 11.4 Å². The second-order valence-corrected chi connectivity index (χ2v) is 9.09. The number of azo groups is 1. The van der Waals surface area contributed by atoms with Crippen molar-refractivity contribution in [2.24, 2.45) is 10.2 Å². The maximum atomic E-state index is 13.8. The molecule has 0 bridgehead atoms. The highest BCUT2D eigenvalue weighted by Crippen LogP contribution is 2.36. The number of anilines is 1. The second kappa shape index (κ2) is 11.0. The summed E-state index contributed by atoms with van der Waals surface area (Å²) in [5.74, 6) is 0.0158. The minimum absolute atomic E-state index is 0.125. The number of ether oxygens (including phenoxy) is 1. The molecule has 1 amide bonds. The van der Waals surface area contributed by atoms with Gasteiger partial charge in [0.05, 0.1) is 22.0 Å². The molecule has 1 aliphatic heterocycles. The van der Waals surface area contributed by atoms with Crippen molar-refractivity contribution in [1.29, 1.82) is 5.41 Å². The molecule has 4 aromatic rings. The summed E-state index contributed by atoms with van der Waals surface area (Å²) in [6.07, 6.45) is 1.74. The van der Waals surface area contributed by atoms with Gasteiger partial charge in [-0.25, -0.2) is 4.39 Å². The molecule has 4 aromatic carbocycles. The number of nitrogens with zero attached hydrogens (tertiary/aromatic N) is 3. The van der Waals surface area contributed by atoms with Gasteiger partial charge < -0.3 is 4.74 Å². The third kappa shape index (κ3) is 5.82. The fraction of sp³-hybridized carbons (Fsp3) is 0.0345. The molecule has 0 atom stereocenters. The van der Waals surface area contributed by atoms with Gasteiger partial charge >= 0.3 is 0 Å². The number of amides is 1. The Bertz CT molecular complexity index is 1490. The molecule has 1 N–H and O–H groups in total. The van der Waals surface area contributed by atoms with Crippen LogP contribution in [0.5, 0.6) is 5.75 Å². The van der Waals surface area contributed by atoms with E-state index in [0.717, 1.165) is 23.0 Å². The summed E-state index contributed by atoms with van der Waals surface area (Å²) in [5.41, 5.74) is 3.25. The number of carbonyl (C=O) groups excluding carboxylic acids is 1. The summed E-state index contributed by atoms with van der Waals surface area (Å²) < 4.78 is 19.4. The lowest BCUT2D eigenvalue weighted by Crippen LogP contribution is -2.27. The van der Waals surface area contributed by atoms with Crippen LogP contribution in [0.4, 0.5) is 21.5 Å². The standard InChI is InChI=1S/C29H21FN4O2S/c30-26-9-5-4-6-21(26)19-36-25-16-10-20(11-17-25)18-27-28(35)34(29(31)37-27)24-14-12-23(13-15-24)33-32-22-7-2-1-3-8-22/h1-18,31H,19H2. The van der Waals surface area contributed by atoms with E-state index >= 15 is 0 Å². The fourth-order valence-electron chi connectivity index (χ4n) is 3.59. The molecule has 0 aliphatic carbocycles. The quantitative estimate of drug-likeness (QED) is 0.204. The Hall–Kier alpha value is -4.56. The van der Waals surface area contributed by atoms with Gasteiger partial charge in [0.1, 0.15) is 18.2 Å². The Kier molecular flexibility index (Phi) is 7.19. The molecule has 0 saturated carbocycles. The van der Waals surface area contributed by atoms with Gasteiger partial charge in [-0.15, -0.1) is 0 Å². The van der Waals surface area contributed by atoms with Gasteiger partial charge in [-0.05, 0) is 78.0 Å². The first-order valence-electron chi connectivity index (χ1n) is 11.4. The predicted octanol–water partition coefficient (Wildman–Crippen LogP) is 7.88. The van der Waals surface area contributed by atoms with Crippen LogP contribution in [0.2, 0.25) is 0 Å². The van der Waals surface area contributed by atoms with Crippen molar-refractivity contribution in [3.8, 4) is 5.75 Å². The average Bonchev–Trinajstić information content (AvgIpc) is 3.21. The summed E-state index contributed by atoms with van der Waals surface area (Å²) in [7, 11) is 0. The summed E-state index contributed by atoms with van der Waals surface area (Å²) in [5, 5.41) is 16.9. The molecular weight excluding hydrogens is 487 g/mol. The SMILES string of the molecule is N=C1SC(=Cc2ccc(OCc3ccccc3F)cc2)C(=O)N1c1ccc(N=Nc2ccccc2)cc1. The van der Waals surface area contributed by atoms with Crippen LogP contribution in [0.15, 0.2) is 118 Å². The molecule has 8 heteroatoms. The van der Waals surface area contributed by atoms with E-state index < -0.39 is 0 Å². The van der Waals surface area contributed by atoms with Crippen LogP contribution < -0.4 is 9.64 Å². The van der Waals surface area contributed by atoms with E-state index in [2.05, 4.69) is 10.2 Å². The summed E-state index contributed by atoms with van der Waals surface area (Å²) in [4.78, 5) is 14.9. The number of hydrogen-bond acceptors (Lipinski definition) is 6. The van der Waals surface area contributed by atoms with Crippen LogP contribution in [0.1, 0.15) is 11.1 Å². The molecular formula is C29H21FN4O2S. The first-order chi connectivity index (χ1) is 18.1. The number of thioether (sulfide) groups is 1. The lowest BCUT2D eigenvalue weighted by Gasteiger charge is -2.14. The van der Waals surface area contributed by atoms with Crippen LogP contribution in [0, 0.1) is 11.2 Å². The zero-order chi connectivity index (χ0) is 25.6. The number of hydrogen-bond donors (Lipinski definition) is 1. The number of carbonyl (C=O) groups is 1. The zero-order valence-corrected chi connectivity index (χ0v) is 20.4. The fourth-order valence-corrected chi connectivity index (χ4v) is 4.45. The number of benzene rings is 4. The first-order valence-corrected chi connectivity index (χ1v) is 12.2. The van der Waals surface area contributed by atoms with Gasteiger partial charge in [-0.1, -0.05) is 48.5 Å². The van der Waals surface area contributed by atoms with Crippen LogP contribution >= 0.6 is 11.8 Å².